The number of nitrogens with one attached hydrogen (secondary N) is 2. The van der Waals surface area contributed by atoms with E-state index < -0.39 is 28.4 Å². The fourth-order valence-electron chi connectivity index (χ4n) is 1.35. The number of hydrogen-bond acceptors (Lipinski definition) is 5. The summed E-state index contributed by atoms with van der Waals surface area (Å²) in [4.78, 5) is 23.1. The SMILES string of the molecule is CCS(=O)(=O)NCC(=O)Nc1ccccc1C(=O)OC. The van der Waals surface area contributed by atoms with Crippen molar-refractivity contribution in [2.45, 2.75) is 6.92 Å². The highest BCUT2D eigenvalue weighted by Crippen LogP contribution is 2.15. The number of methoxy groups -OCH3 is 1. The summed E-state index contributed by atoms with van der Waals surface area (Å²) < 4.78 is 29.1. The normalized spacial score (nSPS) is 10.9. The van der Waals surface area contributed by atoms with Gasteiger partial charge < -0.3 is 10.1 Å². The molecular formula is C12H16N2O5S. The maximum atomic E-state index is 11.6. The molecule has 1 rings (SSSR count). The van der Waals surface area contributed by atoms with Gasteiger partial charge in [0, 0.05) is 0 Å². The molecular weight excluding hydrogens is 284 g/mol. The standard InChI is InChI=1S/C12H16N2O5S/c1-3-20(17,18)13-8-11(15)14-10-7-5-4-6-9(10)12(16)19-2/h4-7,13H,3,8H2,1-2H3,(H,14,15). The molecule has 0 aromatic heterocycles. The third-order valence-electron chi connectivity index (χ3n) is 2.44. The van der Waals surface area contributed by atoms with E-state index in [2.05, 4.69) is 14.8 Å². The molecule has 0 saturated carbocycles. The number of amides is 1. The number of anilines is 1. The lowest BCUT2D eigenvalue weighted by Crippen LogP contribution is -2.34. The molecule has 0 spiro atoms. The van der Waals surface area contributed by atoms with Gasteiger partial charge in [0.2, 0.25) is 15.9 Å². The monoisotopic (exact) mass is 300 g/mol. The molecule has 20 heavy (non-hydrogen) atoms. The highest BCUT2D eigenvalue weighted by Gasteiger charge is 2.14. The molecule has 0 fully saturated rings. The van der Waals surface area contributed by atoms with E-state index in [0.717, 1.165) is 0 Å². The zero-order valence-corrected chi connectivity index (χ0v) is 12.0. The third kappa shape index (κ3) is 4.63. The molecule has 0 aliphatic heterocycles. The molecule has 2 N–H and O–H groups in total. The summed E-state index contributed by atoms with van der Waals surface area (Å²) in [5, 5.41) is 2.46. The number of para-hydroxylation sites is 1. The van der Waals surface area contributed by atoms with Crippen LogP contribution >= 0.6 is 0 Å². The van der Waals surface area contributed by atoms with Crippen molar-refractivity contribution in [1.29, 1.82) is 0 Å². The van der Waals surface area contributed by atoms with Crippen molar-refractivity contribution in [2.75, 3.05) is 24.7 Å². The zero-order valence-electron chi connectivity index (χ0n) is 11.2. The predicted octanol–water partition coefficient (Wildman–Crippen LogP) is 0.351. The summed E-state index contributed by atoms with van der Waals surface area (Å²) in [5.74, 6) is -1.27. The van der Waals surface area contributed by atoms with Gasteiger partial charge in [0.15, 0.2) is 0 Å². The van der Waals surface area contributed by atoms with Crippen molar-refractivity contribution in [1.82, 2.24) is 4.72 Å². The number of hydrogen-bond donors (Lipinski definition) is 2. The Labute approximate surface area is 117 Å². The first-order valence-electron chi connectivity index (χ1n) is 5.84. The minimum absolute atomic E-state index is 0.112. The van der Waals surface area contributed by atoms with Crippen LogP contribution in [0, 0.1) is 0 Å². The van der Waals surface area contributed by atoms with Gasteiger partial charge in [-0.3, -0.25) is 4.79 Å². The van der Waals surface area contributed by atoms with Crippen LogP contribution in [0.15, 0.2) is 24.3 Å². The predicted molar refractivity (Wildman–Crippen MR) is 73.9 cm³/mol. The summed E-state index contributed by atoms with van der Waals surface area (Å²) in [6.45, 7) is 1.07. The van der Waals surface area contributed by atoms with Gasteiger partial charge in [0.1, 0.15) is 0 Å². The Hall–Kier alpha value is -1.93. The molecule has 0 unspecified atom stereocenters. The molecule has 0 atom stereocenters. The van der Waals surface area contributed by atoms with Crippen molar-refractivity contribution in [3.8, 4) is 0 Å². The fourth-order valence-corrected chi connectivity index (χ4v) is 1.91. The molecule has 0 saturated heterocycles. The molecule has 1 amide bonds. The Kier molecular flexibility index (Phi) is 5.66. The van der Waals surface area contributed by atoms with E-state index in [1.807, 2.05) is 0 Å². The molecule has 110 valence electrons. The molecule has 0 heterocycles. The van der Waals surface area contributed by atoms with Gasteiger partial charge in [0.05, 0.1) is 30.7 Å². The Morgan fingerprint density at radius 1 is 1.25 bits per heavy atom. The van der Waals surface area contributed by atoms with E-state index in [0.29, 0.717) is 0 Å². The molecule has 0 aliphatic rings. The number of esters is 1. The number of carbonyl (C=O) groups is 2. The Balaban J connectivity index is 2.74. The lowest BCUT2D eigenvalue weighted by atomic mass is 10.2. The Morgan fingerprint density at radius 2 is 1.90 bits per heavy atom. The first-order valence-corrected chi connectivity index (χ1v) is 7.49. The minimum atomic E-state index is -3.44. The van der Waals surface area contributed by atoms with E-state index in [1.54, 1.807) is 12.1 Å². The second kappa shape index (κ2) is 7.01. The summed E-state index contributed by atoms with van der Waals surface area (Å²) in [7, 11) is -2.21. The van der Waals surface area contributed by atoms with Crippen LogP contribution in [0.4, 0.5) is 5.69 Å². The van der Waals surface area contributed by atoms with Gasteiger partial charge in [-0.2, -0.15) is 0 Å². The van der Waals surface area contributed by atoms with Crippen molar-refractivity contribution in [3.05, 3.63) is 29.8 Å². The molecule has 7 nitrogen and oxygen atoms in total. The summed E-state index contributed by atoms with van der Waals surface area (Å²) in [6, 6.07) is 6.29. The van der Waals surface area contributed by atoms with E-state index in [-0.39, 0.29) is 17.0 Å². The molecule has 0 aliphatic carbocycles. The zero-order chi connectivity index (χ0) is 15.2. The highest BCUT2D eigenvalue weighted by atomic mass is 32.2. The van der Waals surface area contributed by atoms with Crippen LogP contribution in [0.1, 0.15) is 17.3 Å². The van der Waals surface area contributed by atoms with Crippen molar-refractivity contribution < 1.29 is 22.7 Å². The van der Waals surface area contributed by atoms with Crippen LogP contribution in [0.5, 0.6) is 0 Å². The van der Waals surface area contributed by atoms with Crippen LogP contribution in [-0.2, 0) is 19.6 Å². The summed E-state index contributed by atoms with van der Waals surface area (Å²) in [5.41, 5.74) is 0.460. The maximum Gasteiger partial charge on any atom is 0.339 e. The average molecular weight is 300 g/mol. The van der Waals surface area contributed by atoms with Gasteiger partial charge in [-0.1, -0.05) is 12.1 Å². The van der Waals surface area contributed by atoms with Crippen LogP contribution in [0.3, 0.4) is 0 Å². The van der Waals surface area contributed by atoms with Gasteiger partial charge in [-0.15, -0.1) is 0 Å². The van der Waals surface area contributed by atoms with Crippen LogP contribution in [0.25, 0.3) is 0 Å². The van der Waals surface area contributed by atoms with E-state index in [9.17, 15) is 18.0 Å². The second-order valence-corrected chi connectivity index (χ2v) is 5.91. The second-order valence-electron chi connectivity index (χ2n) is 3.81. The third-order valence-corrected chi connectivity index (χ3v) is 3.78. The van der Waals surface area contributed by atoms with Gasteiger partial charge in [-0.05, 0) is 19.1 Å². The van der Waals surface area contributed by atoms with E-state index >= 15 is 0 Å². The Morgan fingerprint density at radius 3 is 2.50 bits per heavy atom. The quantitative estimate of drug-likeness (QED) is 0.738. The van der Waals surface area contributed by atoms with E-state index in [4.69, 9.17) is 0 Å². The summed E-state index contributed by atoms with van der Waals surface area (Å²) >= 11 is 0. The Bertz CT molecular complexity index is 598. The first kappa shape index (κ1) is 16.1. The van der Waals surface area contributed by atoms with E-state index in [1.165, 1.54) is 26.2 Å². The van der Waals surface area contributed by atoms with Gasteiger partial charge in [0.25, 0.3) is 0 Å². The fraction of sp³-hybridized carbons (Fsp3) is 0.333. The number of rotatable bonds is 6. The lowest BCUT2D eigenvalue weighted by molar-refractivity contribution is -0.115. The summed E-state index contributed by atoms with van der Waals surface area (Å²) in [6.07, 6.45) is 0. The van der Waals surface area contributed by atoms with Gasteiger partial charge in [-0.25, -0.2) is 17.9 Å². The molecule has 1 aromatic carbocycles. The highest BCUT2D eigenvalue weighted by molar-refractivity contribution is 7.89. The topological polar surface area (TPSA) is 102 Å². The maximum absolute atomic E-state index is 11.6. The molecule has 1 aromatic rings. The molecule has 0 radical (unpaired) electrons. The largest absolute Gasteiger partial charge is 0.465 e. The average Bonchev–Trinajstić information content (AvgIpc) is 2.45. The van der Waals surface area contributed by atoms with Crippen molar-refractivity contribution in [2.24, 2.45) is 0 Å². The van der Waals surface area contributed by atoms with Crippen molar-refractivity contribution >= 4 is 27.6 Å². The number of benzene rings is 1. The van der Waals surface area contributed by atoms with Gasteiger partial charge >= 0.3 is 5.97 Å². The smallest absolute Gasteiger partial charge is 0.339 e. The lowest BCUT2D eigenvalue weighted by Gasteiger charge is -2.10. The van der Waals surface area contributed by atoms with Crippen LogP contribution in [-0.4, -0.2) is 39.7 Å². The minimum Gasteiger partial charge on any atom is -0.465 e. The number of ether oxygens (including phenoxy) is 1. The molecule has 8 heteroatoms. The first-order chi connectivity index (χ1) is 9.39. The van der Waals surface area contributed by atoms with Crippen LogP contribution in [0.2, 0.25) is 0 Å². The number of carbonyl (C=O) groups excluding carboxylic acids is 2. The van der Waals surface area contributed by atoms with Crippen LogP contribution < -0.4 is 10.0 Å². The molecule has 0 bridgehead atoms. The number of sulfonamides is 1. The van der Waals surface area contributed by atoms with Crippen molar-refractivity contribution in [3.63, 3.8) is 0 Å².